The third-order valence-electron chi connectivity index (χ3n) is 2.17. The highest BCUT2D eigenvalue weighted by Gasteiger charge is 2.05. The molecule has 0 aliphatic carbocycles. The standard InChI is InChI=1S/C11H23N/c1-5-6-11(9-12-4)8-7-10(2)3/h11-12H,2,5-9H2,1,3-4H3/t11-/m0/s1. The van der Waals surface area contributed by atoms with E-state index in [4.69, 9.17) is 0 Å². The lowest BCUT2D eigenvalue weighted by Crippen LogP contribution is -2.18. The molecule has 1 heteroatoms. The monoisotopic (exact) mass is 169 g/mol. The minimum absolute atomic E-state index is 0.844. The van der Waals surface area contributed by atoms with Crippen LogP contribution in [0.3, 0.4) is 0 Å². The van der Waals surface area contributed by atoms with Crippen LogP contribution in [0.15, 0.2) is 12.2 Å². The zero-order valence-corrected chi connectivity index (χ0v) is 8.82. The van der Waals surface area contributed by atoms with Crippen LogP contribution in [0.4, 0.5) is 0 Å². The van der Waals surface area contributed by atoms with E-state index in [9.17, 15) is 0 Å². The fourth-order valence-corrected chi connectivity index (χ4v) is 1.50. The first-order chi connectivity index (χ1) is 5.70. The van der Waals surface area contributed by atoms with Gasteiger partial charge in [0.25, 0.3) is 0 Å². The summed E-state index contributed by atoms with van der Waals surface area (Å²) < 4.78 is 0. The van der Waals surface area contributed by atoms with Crippen LogP contribution in [-0.4, -0.2) is 13.6 Å². The zero-order chi connectivity index (χ0) is 9.40. The maximum Gasteiger partial charge on any atom is -0.00234 e. The highest BCUT2D eigenvalue weighted by molar-refractivity contribution is 4.88. The van der Waals surface area contributed by atoms with Crippen molar-refractivity contribution in [2.75, 3.05) is 13.6 Å². The van der Waals surface area contributed by atoms with Crippen molar-refractivity contribution in [3.8, 4) is 0 Å². The Hall–Kier alpha value is -0.300. The summed E-state index contributed by atoms with van der Waals surface area (Å²) in [6, 6.07) is 0. The Balaban J connectivity index is 3.54. The van der Waals surface area contributed by atoms with Gasteiger partial charge in [0, 0.05) is 0 Å². The largest absolute Gasteiger partial charge is 0.319 e. The van der Waals surface area contributed by atoms with Gasteiger partial charge >= 0.3 is 0 Å². The first-order valence-electron chi connectivity index (χ1n) is 4.99. The van der Waals surface area contributed by atoms with Gasteiger partial charge in [0.2, 0.25) is 0 Å². The molecule has 0 rings (SSSR count). The molecule has 0 heterocycles. The van der Waals surface area contributed by atoms with E-state index >= 15 is 0 Å². The molecular weight excluding hydrogens is 146 g/mol. The molecule has 12 heavy (non-hydrogen) atoms. The van der Waals surface area contributed by atoms with E-state index in [0.717, 1.165) is 12.5 Å². The van der Waals surface area contributed by atoms with Crippen molar-refractivity contribution in [1.82, 2.24) is 5.32 Å². The number of rotatable bonds is 7. The fourth-order valence-electron chi connectivity index (χ4n) is 1.50. The minimum Gasteiger partial charge on any atom is -0.319 e. The maximum absolute atomic E-state index is 3.93. The molecule has 0 saturated carbocycles. The van der Waals surface area contributed by atoms with E-state index in [1.54, 1.807) is 0 Å². The van der Waals surface area contributed by atoms with Crippen molar-refractivity contribution in [3.05, 3.63) is 12.2 Å². The summed E-state index contributed by atoms with van der Waals surface area (Å²) in [4.78, 5) is 0. The number of hydrogen-bond acceptors (Lipinski definition) is 1. The highest BCUT2D eigenvalue weighted by Crippen LogP contribution is 2.15. The molecule has 0 unspecified atom stereocenters. The van der Waals surface area contributed by atoms with Crippen molar-refractivity contribution >= 4 is 0 Å². The quantitative estimate of drug-likeness (QED) is 0.578. The zero-order valence-electron chi connectivity index (χ0n) is 8.82. The third-order valence-corrected chi connectivity index (χ3v) is 2.17. The smallest absolute Gasteiger partial charge is 0.00234 e. The normalized spacial score (nSPS) is 12.9. The van der Waals surface area contributed by atoms with Gasteiger partial charge in [-0.05, 0) is 45.7 Å². The van der Waals surface area contributed by atoms with Gasteiger partial charge in [0.1, 0.15) is 0 Å². The molecule has 0 aromatic heterocycles. The highest BCUT2D eigenvalue weighted by atomic mass is 14.8. The second-order valence-electron chi connectivity index (χ2n) is 3.71. The molecule has 0 bridgehead atoms. The molecular formula is C11H23N. The van der Waals surface area contributed by atoms with Gasteiger partial charge < -0.3 is 5.32 Å². The molecule has 0 spiro atoms. The van der Waals surface area contributed by atoms with Gasteiger partial charge in [-0.2, -0.15) is 0 Å². The van der Waals surface area contributed by atoms with Crippen molar-refractivity contribution in [1.29, 1.82) is 0 Å². The molecule has 0 radical (unpaired) electrons. The van der Waals surface area contributed by atoms with Crippen LogP contribution < -0.4 is 5.32 Å². The lowest BCUT2D eigenvalue weighted by molar-refractivity contribution is 0.428. The van der Waals surface area contributed by atoms with Gasteiger partial charge in [0.15, 0.2) is 0 Å². The molecule has 1 nitrogen and oxygen atoms in total. The predicted octanol–water partition coefficient (Wildman–Crippen LogP) is 2.98. The Morgan fingerprint density at radius 3 is 2.50 bits per heavy atom. The molecule has 0 aliphatic heterocycles. The van der Waals surface area contributed by atoms with E-state index < -0.39 is 0 Å². The van der Waals surface area contributed by atoms with Crippen LogP contribution in [-0.2, 0) is 0 Å². The van der Waals surface area contributed by atoms with Gasteiger partial charge in [0.05, 0.1) is 0 Å². The molecule has 0 fully saturated rings. The second kappa shape index (κ2) is 7.35. The first-order valence-corrected chi connectivity index (χ1v) is 4.99. The molecule has 0 saturated heterocycles. The summed E-state index contributed by atoms with van der Waals surface area (Å²) in [5, 5.41) is 3.25. The minimum atomic E-state index is 0.844. The topological polar surface area (TPSA) is 12.0 Å². The second-order valence-corrected chi connectivity index (χ2v) is 3.71. The Labute approximate surface area is 77.2 Å². The van der Waals surface area contributed by atoms with Crippen LogP contribution in [0, 0.1) is 5.92 Å². The number of nitrogens with one attached hydrogen (secondary N) is 1. The van der Waals surface area contributed by atoms with Crippen LogP contribution in [0.2, 0.25) is 0 Å². The SMILES string of the molecule is C=C(C)CC[C@H](CCC)CNC. The Bertz CT molecular complexity index is 112. The van der Waals surface area contributed by atoms with Crippen molar-refractivity contribution < 1.29 is 0 Å². The van der Waals surface area contributed by atoms with Gasteiger partial charge in [-0.1, -0.05) is 18.9 Å². The molecule has 1 atom stereocenters. The molecule has 0 amide bonds. The molecule has 0 aliphatic rings. The Morgan fingerprint density at radius 1 is 1.42 bits per heavy atom. The number of allylic oxidation sites excluding steroid dienone is 1. The summed E-state index contributed by atoms with van der Waals surface area (Å²) in [5.74, 6) is 0.844. The van der Waals surface area contributed by atoms with Gasteiger partial charge in [-0.15, -0.1) is 6.58 Å². The van der Waals surface area contributed by atoms with Crippen molar-refractivity contribution in [2.24, 2.45) is 5.92 Å². The van der Waals surface area contributed by atoms with E-state index in [0.29, 0.717) is 0 Å². The van der Waals surface area contributed by atoms with E-state index in [-0.39, 0.29) is 0 Å². The lowest BCUT2D eigenvalue weighted by Gasteiger charge is -2.15. The number of hydrogen-bond donors (Lipinski definition) is 1. The molecule has 72 valence electrons. The van der Waals surface area contributed by atoms with Crippen LogP contribution in [0.25, 0.3) is 0 Å². The van der Waals surface area contributed by atoms with Crippen molar-refractivity contribution in [2.45, 2.75) is 39.5 Å². The summed E-state index contributed by atoms with van der Waals surface area (Å²) >= 11 is 0. The summed E-state index contributed by atoms with van der Waals surface area (Å²) in [6.45, 7) is 9.45. The lowest BCUT2D eigenvalue weighted by atomic mass is 9.96. The van der Waals surface area contributed by atoms with E-state index in [1.165, 1.54) is 31.3 Å². The summed E-state index contributed by atoms with van der Waals surface area (Å²) in [6.07, 6.45) is 5.12. The summed E-state index contributed by atoms with van der Waals surface area (Å²) in [5.41, 5.74) is 1.31. The van der Waals surface area contributed by atoms with Crippen LogP contribution in [0.1, 0.15) is 39.5 Å². The maximum atomic E-state index is 3.93. The summed E-state index contributed by atoms with van der Waals surface area (Å²) in [7, 11) is 2.03. The average Bonchev–Trinajstić information content (AvgIpc) is 2.01. The first kappa shape index (κ1) is 11.7. The molecule has 1 N–H and O–H groups in total. The van der Waals surface area contributed by atoms with Gasteiger partial charge in [-0.25, -0.2) is 0 Å². The van der Waals surface area contributed by atoms with E-state index in [2.05, 4.69) is 25.7 Å². The van der Waals surface area contributed by atoms with Crippen molar-refractivity contribution in [3.63, 3.8) is 0 Å². The Kier molecular flexibility index (Phi) is 7.17. The molecule has 0 aromatic carbocycles. The van der Waals surface area contributed by atoms with Gasteiger partial charge in [-0.3, -0.25) is 0 Å². The Morgan fingerprint density at radius 2 is 2.08 bits per heavy atom. The fraction of sp³-hybridized carbons (Fsp3) is 0.818. The van der Waals surface area contributed by atoms with Crippen LogP contribution >= 0.6 is 0 Å². The predicted molar refractivity (Wildman–Crippen MR) is 56.4 cm³/mol. The molecule has 0 aromatic rings. The van der Waals surface area contributed by atoms with E-state index in [1.807, 2.05) is 7.05 Å². The van der Waals surface area contributed by atoms with Crippen LogP contribution in [0.5, 0.6) is 0 Å². The average molecular weight is 169 g/mol. The third kappa shape index (κ3) is 6.41.